The number of aromatic nitrogens is 4. The Morgan fingerprint density at radius 2 is 1.36 bits per heavy atom. The fraction of sp³-hybridized carbons (Fsp3) is 0.452. The predicted molar refractivity (Wildman–Crippen MR) is 218 cm³/mol. The minimum atomic E-state index is -4.05. The van der Waals surface area contributed by atoms with Crippen LogP contribution in [0.1, 0.15) is 36.4 Å². The Hall–Kier alpha value is -4.71. The number of anilines is 1. The molecule has 58 heavy (non-hydrogen) atoms. The van der Waals surface area contributed by atoms with Crippen LogP contribution >= 0.6 is 0 Å². The van der Waals surface area contributed by atoms with Gasteiger partial charge >= 0.3 is 6.97 Å². The highest BCUT2D eigenvalue weighted by Gasteiger charge is 2.55. The smallest absolute Gasteiger partial charge is 0.489 e. The number of halogens is 2. The topological polar surface area (TPSA) is 107 Å². The highest BCUT2D eigenvalue weighted by molar-refractivity contribution is 6.58. The molecule has 2 aromatic carbocycles. The summed E-state index contributed by atoms with van der Waals surface area (Å²) in [4.78, 5) is 2.19. The number of ether oxygens (including phenoxy) is 7. The van der Waals surface area contributed by atoms with Crippen LogP contribution in [0.25, 0.3) is 22.5 Å². The molecule has 4 aromatic rings. The Balaban J connectivity index is 1.13. The quantitative estimate of drug-likeness (QED) is 0.163. The second kappa shape index (κ2) is 18.9. The summed E-state index contributed by atoms with van der Waals surface area (Å²) in [7, 11) is 1.64. The molecular formula is C42H53BF2N6O7. The van der Waals surface area contributed by atoms with Crippen molar-refractivity contribution >= 4 is 23.9 Å². The van der Waals surface area contributed by atoms with Crippen molar-refractivity contribution in [3.8, 4) is 22.7 Å². The Morgan fingerprint density at radius 1 is 0.759 bits per heavy atom. The number of methoxy groups -OCH3 is 1. The van der Waals surface area contributed by atoms with Crippen LogP contribution in [0.4, 0.5) is 14.3 Å². The first-order valence-corrected chi connectivity index (χ1v) is 19.9. The Labute approximate surface area is 338 Å². The molecule has 0 bridgehead atoms. The molecule has 0 spiro atoms. The van der Waals surface area contributed by atoms with Crippen molar-refractivity contribution in [3.05, 3.63) is 94.6 Å². The molecule has 0 radical (unpaired) electrons. The maximum Gasteiger partial charge on any atom is 0.737 e. The van der Waals surface area contributed by atoms with E-state index in [4.69, 9.17) is 33.2 Å². The summed E-state index contributed by atoms with van der Waals surface area (Å²) in [6.07, 6.45) is 3.70. The minimum absolute atomic E-state index is 0.358. The lowest BCUT2D eigenvalue weighted by Crippen LogP contribution is -2.51. The van der Waals surface area contributed by atoms with E-state index in [1.54, 1.807) is 25.6 Å². The summed E-state index contributed by atoms with van der Waals surface area (Å²) in [5.41, 5.74) is 8.56. The van der Waals surface area contributed by atoms with Gasteiger partial charge in [0.25, 0.3) is 0 Å². The number of hydrogen-bond acceptors (Lipinski definition) is 10. The Kier molecular flexibility index (Phi) is 13.5. The van der Waals surface area contributed by atoms with E-state index < -0.39 is 6.97 Å². The molecule has 0 N–H and O–H groups in total. The molecule has 0 amide bonds. The summed E-state index contributed by atoms with van der Waals surface area (Å²) < 4.78 is 76.6. The van der Waals surface area contributed by atoms with Gasteiger partial charge < -0.3 is 55.7 Å². The standard InChI is InChI=1S/C42H53BF2N6O7/c1-30-26-32(3)50-41(30)40(42-31(2)27-33(4)51(42)43(50,44)45)34-6-9-36(10-7-34)49-29-37(46-47-49)35-8-11-38(39(28-35)58-25-16-52-5)48-12-14-53-17-19-55-21-23-57-24-22-56-20-18-54-15-13-48/h6-11,26-29H,12-25H2,1-5H3. The fourth-order valence-corrected chi connectivity index (χ4v) is 7.84. The lowest BCUT2D eigenvalue weighted by molar-refractivity contribution is -0.363. The molecular weight excluding hydrogens is 749 g/mol. The van der Waals surface area contributed by atoms with Crippen molar-refractivity contribution in [3.63, 3.8) is 0 Å². The zero-order valence-corrected chi connectivity index (χ0v) is 34.0. The van der Waals surface area contributed by atoms with E-state index in [-0.39, 0.29) is 0 Å². The first kappa shape index (κ1) is 41.5. The number of aryl methyl sites for hydroxylation is 2. The largest absolute Gasteiger partial charge is 0.737 e. The summed E-state index contributed by atoms with van der Waals surface area (Å²) in [5, 5.41) is 8.99. The summed E-state index contributed by atoms with van der Waals surface area (Å²) in [6, 6.07) is 15.6. The second-order valence-electron chi connectivity index (χ2n) is 14.5. The fourth-order valence-electron chi connectivity index (χ4n) is 7.84. The van der Waals surface area contributed by atoms with Crippen LogP contribution in [0.15, 0.2) is 72.1 Å². The molecule has 5 heterocycles. The van der Waals surface area contributed by atoms with Gasteiger partial charge in [-0.05, 0) is 67.9 Å². The van der Waals surface area contributed by atoms with Crippen LogP contribution in [-0.2, 0) is 28.4 Å². The molecule has 1 fully saturated rings. The second-order valence-corrected chi connectivity index (χ2v) is 14.5. The first-order chi connectivity index (χ1) is 28.2. The average molecular weight is 803 g/mol. The third-order valence-corrected chi connectivity index (χ3v) is 10.5. The van der Waals surface area contributed by atoms with E-state index in [0.29, 0.717) is 127 Å². The number of hydrogen-bond donors (Lipinski definition) is 0. The number of allylic oxidation sites excluding steroid dienone is 2. The number of fused-ring (bicyclic) bond motifs is 2. The zero-order chi connectivity index (χ0) is 40.6. The van der Waals surface area contributed by atoms with Crippen molar-refractivity contribution in [1.82, 2.24) is 19.5 Å². The molecule has 0 aliphatic carbocycles. The number of benzene rings is 2. The van der Waals surface area contributed by atoms with Gasteiger partial charge in [-0.15, -0.1) is 5.10 Å². The van der Waals surface area contributed by atoms with Crippen LogP contribution in [0.3, 0.4) is 0 Å². The SMILES string of the molecule is COCCOc1cc(-c2cn(-c3ccc(C4=C5C(C)=CC(C)=[N+]5[B-](F)(F)n5c(C)cc(C)c54)cc3)nn2)ccc1N1CCOCCOCCOCCOCCOCC1. The van der Waals surface area contributed by atoms with Gasteiger partial charge in [-0.2, -0.15) is 0 Å². The Bertz CT molecular complexity index is 2130. The molecule has 0 unspecified atom stereocenters. The highest BCUT2D eigenvalue weighted by Crippen LogP contribution is 2.44. The van der Waals surface area contributed by atoms with Crippen LogP contribution in [-0.4, -0.2) is 136 Å². The number of nitrogens with zero attached hydrogens (tertiary/aromatic N) is 6. The minimum Gasteiger partial charge on any atom is -0.489 e. The summed E-state index contributed by atoms with van der Waals surface area (Å²) in [5.74, 6) is 0.671. The van der Waals surface area contributed by atoms with Crippen molar-refractivity contribution < 1.29 is 46.3 Å². The van der Waals surface area contributed by atoms with Crippen molar-refractivity contribution in [2.75, 3.05) is 104 Å². The van der Waals surface area contributed by atoms with Gasteiger partial charge in [0.15, 0.2) is 5.70 Å². The molecule has 3 aliphatic rings. The van der Waals surface area contributed by atoms with Gasteiger partial charge in [-0.25, -0.2) is 4.68 Å². The van der Waals surface area contributed by atoms with Gasteiger partial charge in [-0.1, -0.05) is 23.4 Å². The maximum atomic E-state index is 16.1. The third kappa shape index (κ3) is 8.97. The van der Waals surface area contributed by atoms with Crippen molar-refractivity contribution in [2.45, 2.75) is 27.7 Å². The predicted octanol–water partition coefficient (Wildman–Crippen LogP) is 5.71. The van der Waals surface area contributed by atoms with Crippen LogP contribution in [0, 0.1) is 13.8 Å². The van der Waals surface area contributed by atoms with Gasteiger partial charge in [0, 0.05) is 50.0 Å². The molecule has 13 nitrogen and oxygen atoms in total. The molecule has 0 atom stereocenters. The van der Waals surface area contributed by atoms with Crippen molar-refractivity contribution in [1.29, 1.82) is 0 Å². The van der Waals surface area contributed by atoms with Crippen LogP contribution in [0.5, 0.6) is 5.75 Å². The van der Waals surface area contributed by atoms with Gasteiger partial charge in [0.1, 0.15) is 23.8 Å². The molecule has 1 saturated heterocycles. The normalized spacial score (nSPS) is 18.7. The van der Waals surface area contributed by atoms with Crippen molar-refractivity contribution in [2.24, 2.45) is 0 Å². The van der Waals surface area contributed by atoms with E-state index in [1.807, 2.05) is 74.7 Å². The molecule has 0 saturated carbocycles. The lowest BCUT2D eigenvalue weighted by atomic mass is 9.84. The lowest BCUT2D eigenvalue weighted by Gasteiger charge is -2.34. The third-order valence-electron chi connectivity index (χ3n) is 10.5. The van der Waals surface area contributed by atoms with Gasteiger partial charge in [0.05, 0.1) is 95.8 Å². The van der Waals surface area contributed by atoms with E-state index in [2.05, 4.69) is 15.2 Å². The maximum absolute atomic E-state index is 16.1. The van der Waals surface area contributed by atoms with E-state index in [0.717, 1.165) is 39.2 Å². The van der Waals surface area contributed by atoms with E-state index in [1.165, 1.54) is 8.96 Å². The monoisotopic (exact) mass is 802 g/mol. The molecule has 16 heteroatoms. The Morgan fingerprint density at radius 3 is 1.98 bits per heavy atom. The summed E-state index contributed by atoms with van der Waals surface area (Å²) >= 11 is 0. The molecule has 3 aliphatic heterocycles. The van der Waals surface area contributed by atoms with Crippen LogP contribution in [0.2, 0.25) is 0 Å². The van der Waals surface area contributed by atoms with Crippen LogP contribution < -0.4 is 9.64 Å². The zero-order valence-electron chi connectivity index (χ0n) is 34.0. The molecule has 2 aromatic heterocycles. The van der Waals surface area contributed by atoms with E-state index in [9.17, 15) is 0 Å². The first-order valence-electron chi connectivity index (χ1n) is 19.9. The van der Waals surface area contributed by atoms with Gasteiger partial charge in [0.2, 0.25) is 0 Å². The number of rotatable bonds is 8. The highest BCUT2D eigenvalue weighted by atomic mass is 19.2. The molecule has 7 rings (SSSR count). The molecule has 310 valence electrons. The summed E-state index contributed by atoms with van der Waals surface area (Å²) in [6.45, 7) is 10.1. The van der Waals surface area contributed by atoms with E-state index >= 15 is 8.63 Å². The average Bonchev–Trinajstić information content (AvgIpc) is 3.91. The van der Waals surface area contributed by atoms with Gasteiger partial charge in [-0.3, -0.25) is 0 Å².